The van der Waals surface area contributed by atoms with E-state index in [0.29, 0.717) is 0 Å². The number of hydrogen-bond donors (Lipinski definition) is 2. The summed E-state index contributed by atoms with van der Waals surface area (Å²) in [5.74, 6) is -0.171. The van der Waals surface area contributed by atoms with Gasteiger partial charge in [-0.15, -0.1) is 0 Å². The fraction of sp³-hybridized carbons (Fsp3) is 0.467. The predicted molar refractivity (Wildman–Crippen MR) is 77.1 cm³/mol. The van der Waals surface area contributed by atoms with Gasteiger partial charge in [-0.3, -0.25) is 4.79 Å². The fourth-order valence-electron chi connectivity index (χ4n) is 1.75. The summed E-state index contributed by atoms with van der Waals surface area (Å²) >= 11 is 0. The first-order chi connectivity index (χ1) is 9.58. The van der Waals surface area contributed by atoms with Gasteiger partial charge in [0.15, 0.2) is 0 Å². The molecule has 5 nitrogen and oxygen atoms in total. The summed E-state index contributed by atoms with van der Waals surface area (Å²) in [4.78, 5) is 23.5. The molecule has 20 heavy (non-hydrogen) atoms. The highest BCUT2D eigenvalue weighted by Gasteiger charge is 2.25. The molecule has 2 N–H and O–H groups in total. The molecular formula is C15H22N2O3. The van der Waals surface area contributed by atoms with E-state index in [0.717, 1.165) is 12.0 Å². The van der Waals surface area contributed by atoms with Gasteiger partial charge in [0.2, 0.25) is 5.91 Å². The molecule has 0 saturated carbocycles. The lowest BCUT2D eigenvalue weighted by atomic mass is 9.99. The van der Waals surface area contributed by atoms with Crippen LogP contribution < -0.4 is 10.6 Å². The van der Waals surface area contributed by atoms with Crippen molar-refractivity contribution in [2.75, 3.05) is 7.05 Å². The quantitative estimate of drug-likeness (QED) is 0.837. The van der Waals surface area contributed by atoms with E-state index in [1.807, 2.05) is 44.2 Å². The predicted octanol–water partition coefficient (Wildman–Crippen LogP) is 2.07. The second kappa shape index (κ2) is 8.19. The van der Waals surface area contributed by atoms with Crippen molar-refractivity contribution in [2.45, 2.75) is 32.9 Å². The molecule has 0 unspecified atom stereocenters. The Morgan fingerprint density at radius 1 is 1.25 bits per heavy atom. The van der Waals surface area contributed by atoms with Gasteiger partial charge in [-0.2, -0.15) is 0 Å². The molecule has 0 aromatic heterocycles. The van der Waals surface area contributed by atoms with E-state index in [2.05, 4.69) is 10.6 Å². The minimum atomic E-state index is -0.581. The molecule has 0 aliphatic heterocycles. The normalized spacial score (nSPS) is 13.2. The Morgan fingerprint density at radius 3 is 2.45 bits per heavy atom. The Hall–Kier alpha value is -2.04. The van der Waals surface area contributed by atoms with Crippen molar-refractivity contribution >= 4 is 12.0 Å². The Morgan fingerprint density at radius 2 is 1.90 bits per heavy atom. The number of benzene rings is 1. The average Bonchev–Trinajstić information content (AvgIpc) is 2.50. The first kappa shape index (κ1) is 16.0. The Kier molecular flexibility index (Phi) is 6.56. The number of likely N-dealkylation sites (N-methyl/N-ethyl adjacent to an activating group) is 1. The molecule has 0 fully saturated rings. The van der Waals surface area contributed by atoms with Gasteiger partial charge in [0.25, 0.3) is 0 Å². The van der Waals surface area contributed by atoms with Crippen LogP contribution in [0.1, 0.15) is 25.8 Å². The molecule has 0 aliphatic rings. The highest BCUT2D eigenvalue weighted by Crippen LogP contribution is 2.08. The first-order valence-corrected chi connectivity index (χ1v) is 6.77. The highest BCUT2D eigenvalue weighted by molar-refractivity contribution is 5.85. The summed E-state index contributed by atoms with van der Waals surface area (Å²) in [7, 11) is 1.55. The molecule has 1 aromatic carbocycles. The standard InChI is InChI=1S/C15H22N2O3/c1-4-11(2)13(14(18)16-3)17-15(19)20-10-12-8-6-5-7-9-12/h5-9,11,13H,4,10H2,1-3H3,(H,16,18)(H,17,19)/t11-,13-/m0/s1. The zero-order valence-corrected chi connectivity index (χ0v) is 12.2. The van der Waals surface area contributed by atoms with Crippen LogP contribution in [0.2, 0.25) is 0 Å². The van der Waals surface area contributed by atoms with Gasteiger partial charge < -0.3 is 15.4 Å². The van der Waals surface area contributed by atoms with Crippen LogP contribution in [0.5, 0.6) is 0 Å². The molecule has 0 aliphatic carbocycles. The van der Waals surface area contributed by atoms with E-state index in [1.54, 1.807) is 7.05 Å². The van der Waals surface area contributed by atoms with Crippen LogP contribution in [-0.4, -0.2) is 25.1 Å². The second-order valence-corrected chi connectivity index (χ2v) is 4.68. The largest absolute Gasteiger partial charge is 0.445 e. The Balaban J connectivity index is 2.51. The zero-order chi connectivity index (χ0) is 15.0. The van der Waals surface area contributed by atoms with Crippen LogP contribution in [0.4, 0.5) is 4.79 Å². The molecule has 0 radical (unpaired) electrons. The summed E-state index contributed by atoms with van der Waals surface area (Å²) in [6.45, 7) is 4.07. The van der Waals surface area contributed by atoms with Gasteiger partial charge >= 0.3 is 6.09 Å². The lowest BCUT2D eigenvalue weighted by Crippen LogP contribution is -2.49. The summed E-state index contributed by atoms with van der Waals surface area (Å²) < 4.78 is 5.12. The molecule has 0 heterocycles. The second-order valence-electron chi connectivity index (χ2n) is 4.68. The van der Waals surface area contributed by atoms with E-state index in [1.165, 1.54) is 0 Å². The minimum absolute atomic E-state index is 0.0409. The van der Waals surface area contributed by atoms with E-state index in [4.69, 9.17) is 4.74 Å². The maximum atomic E-state index is 11.8. The number of alkyl carbamates (subject to hydrolysis) is 1. The van der Waals surface area contributed by atoms with E-state index < -0.39 is 12.1 Å². The molecule has 110 valence electrons. The van der Waals surface area contributed by atoms with Crippen LogP contribution in [0, 0.1) is 5.92 Å². The third kappa shape index (κ3) is 4.91. The smallest absolute Gasteiger partial charge is 0.408 e. The SMILES string of the molecule is CC[C@H](C)[C@H](NC(=O)OCc1ccccc1)C(=O)NC. The molecule has 5 heteroatoms. The maximum Gasteiger partial charge on any atom is 0.408 e. The van der Waals surface area contributed by atoms with Crippen molar-refractivity contribution in [1.29, 1.82) is 0 Å². The van der Waals surface area contributed by atoms with Crippen molar-refractivity contribution in [1.82, 2.24) is 10.6 Å². The third-order valence-corrected chi connectivity index (χ3v) is 3.23. The molecular weight excluding hydrogens is 256 g/mol. The summed E-state index contributed by atoms with van der Waals surface area (Å²) in [6, 6.07) is 8.82. The Bertz CT molecular complexity index is 434. The summed E-state index contributed by atoms with van der Waals surface area (Å²) in [6.07, 6.45) is 0.208. The van der Waals surface area contributed by atoms with Gasteiger partial charge in [0.05, 0.1) is 0 Å². The van der Waals surface area contributed by atoms with E-state index in [9.17, 15) is 9.59 Å². The zero-order valence-electron chi connectivity index (χ0n) is 12.2. The number of carbonyl (C=O) groups is 2. The molecule has 1 rings (SSSR count). The topological polar surface area (TPSA) is 67.4 Å². The summed E-state index contributed by atoms with van der Waals surface area (Å²) in [5.41, 5.74) is 0.905. The molecule has 2 amide bonds. The van der Waals surface area contributed by atoms with Crippen LogP contribution in [0.25, 0.3) is 0 Å². The number of rotatable bonds is 6. The molecule has 0 bridgehead atoms. The van der Waals surface area contributed by atoms with Gasteiger partial charge in [-0.05, 0) is 11.5 Å². The lowest BCUT2D eigenvalue weighted by Gasteiger charge is -2.22. The minimum Gasteiger partial charge on any atom is -0.445 e. The van der Waals surface area contributed by atoms with Crippen molar-refractivity contribution in [3.63, 3.8) is 0 Å². The van der Waals surface area contributed by atoms with Crippen molar-refractivity contribution < 1.29 is 14.3 Å². The maximum absolute atomic E-state index is 11.8. The van der Waals surface area contributed by atoms with Gasteiger partial charge in [0.1, 0.15) is 12.6 Å². The lowest BCUT2D eigenvalue weighted by molar-refractivity contribution is -0.123. The van der Waals surface area contributed by atoms with E-state index >= 15 is 0 Å². The highest BCUT2D eigenvalue weighted by atomic mass is 16.5. The van der Waals surface area contributed by atoms with Gasteiger partial charge in [0, 0.05) is 7.05 Å². The first-order valence-electron chi connectivity index (χ1n) is 6.77. The third-order valence-electron chi connectivity index (χ3n) is 3.23. The summed E-state index contributed by atoms with van der Waals surface area (Å²) in [5, 5.41) is 5.17. The molecule has 0 spiro atoms. The molecule has 1 aromatic rings. The number of nitrogens with one attached hydrogen (secondary N) is 2. The van der Waals surface area contributed by atoms with E-state index in [-0.39, 0.29) is 18.4 Å². The van der Waals surface area contributed by atoms with Gasteiger partial charge in [-0.1, -0.05) is 50.6 Å². The van der Waals surface area contributed by atoms with Crippen molar-refractivity contribution in [2.24, 2.45) is 5.92 Å². The van der Waals surface area contributed by atoms with Gasteiger partial charge in [-0.25, -0.2) is 4.79 Å². The number of hydrogen-bond acceptors (Lipinski definition) is 3. The van der Waals surface area contributed by atoms with Crippen LogP contribution in [0.3, 0.4) is 0 Å². The van der Waals surface area contributed by atoms with Crippen molar-refractivity contribution in [3.05, 3.63) is 35.9 Å². The fourth-order valence-corrected chi connectivity index (χ4v) is 1.75. The number of ether oxygens (including phenoxy) is 1. The monoisotopic (exact) mass is 278 g/mol. The van der Waals surface area contributed by atoms with Crippen molar-refractivity contribution in [3.8, 4) is 0 Å². The van der Waals surface area contributed by atoms with Crippen LogP contribution in [-0.2, 0) is 16.1 Å². The Labute approximate surface area is 119 Å². The van der Waals surface area contributed by atoms with Crippen LogP contribution in [0.15, 0.2) is 30.3 Å². The molecule has 2 atom stereocenters. The molecule has 0 saturated heterocycles. The average molecular weight is 278 g/mol. The number of amides is 2. The number of carbonyl (C=O) groups excluding carboxylic acids is 2. The van der Waals surface area contributed by atoms with Crippen LogP contribution >= 0.6 is 0 Å².